The Kier molecular flexibility index (Phi) is 6.41. The van der Waals surface area contributed by atoms with E-state index in [0.717, 1.165) is 16.7 Å². The first-order valence-electron chi connectivity index (χ1n) is 11.8. The van der Waals surface area contributed by atoms with Crippen molar-refractivity contribution in [1.29, 1.82) is 0 Å². The molecule has 0 aromatic heterocycles. The number of nitrogens with two attached hydrogens (primary N) is 1. The van der Waals surface area contributed by atoms with Crippen LogP contribution in [0.2, 0.25) is 0 Å². The molecule has 182 valence electrons. The minimum absolute atomic E-state index is 0.0486. The molecule has 0 saturated carbocycles. The first-order valence-corrected chi connectivity index (χ1v) is 11.8. The standard InChI is InChI=1S/C29H31FN2O3/c1-28(2,3)21-15-13-19(14-16-21)18-29(27(31)35,23-11-4-5-12-24(23)30)32-17-7-9-20-8-6-10-22(25(20)32)26(33)34/h4-6,8,10-16H,7,9,17-18H2,1-3H3,(H2,31,35)(H,33,34). The second kappa shape index (κ2) is 9.17. The van der Waals surface area contributed by atoms with E-state index >= 15 is 4.39 Å². The highest BCUT2D eigenvalue weighted by molar-refractivity contribution is 5.99. The predicted molar refractivity (Wildman–Crippen MR) is 135 cm³/mol. The normalized spacial score (nSPS) is 15.3. The summed E-state index contributed by atoms with van der Waals surface area (Å²) < 4.78 is 15.4. The van der Waals surface area contributed by atoms with E-state index in [-0.39, 0.29) is 23.0 Å². The summed E-state index contributed by atoms with van der Waals surface area (Å²) in [5, 5.41) is 9.97. The molecule has 0 bridgehead atoms. The van der Waals surface area contributed by atoms with Crippen LogP contribution in [-0.2, 0) is 28.6 Å². The lowest BCUT2D eigenvalue weighted by Crippen LogP contribution is -2.59. The van der Waals surface area contributed by atoms with Crippen molar-refractivity contribution in [2.24, 2.45) is 5.73 Å². The second-order valence-electron chi connectivity index (χ2n) is 10.2. The predicted octanol–water partition coefficient (Wildman–Crippen LogP) is 5.20. The number of amides is 1. The number of hydrogen-bond donors (Lipinski definition) is 2. The molecule has 0 radical (unpaired) electrons. The Morgan fingerprint density at radius 3 is 2.29 bits per heavy atom. The molecular weight excluding hydrogens is 443 g/mol. The van der Waals surface area contributed by atoms with E-state index in [4.69, 9.17) is 5.73 Å². The molecule has 0 fully saturated rings. The van der Waals surface area contributed by atoms with E-state index in [9.17, 15) is 14.7 Å². The van der Waals surface area contributed by atoms with E-state index < -0.39 is 23.2 Å². The maximum Gasteiger partial charge on any atom is 0.337 e. The molecule has 5 nitrogen and oxygen atoms in total. The number of para-hydroxylation sites is 1. The van der Waals surface area contributed by atoms with Crippen molar-refractivity contribution in [1.82, 2.24) is 0 Å². The molecule has 3 N–H and O–H groups in total. The number of carboxylic acids is 1. The van der Waals surface area contributed by atoms with Gasteiger partial charge in [0.1, 0.15) is 5.82 Å². The molecule has 3 aromatic carbocycles. The van der Waals surface area contributed by atoms with Crippen LogP contribution in [0.25, 0.3) is 0 Å². The largest absolute Gasteiger partial charge is 0.478 e. The monoisotopic (exact) mass is 474 g/mol. The Bertz CT molecular complexity index is 1260. The molecule has 35 heavy (non-hydrogen) atoms. The van der Waals surface area contributed by atoms with Crippen molar-refractivity contribution in [3.8, 4) is 0 Å². The van der Waals surface area contributed by atoms with Crippen molar-refractivity contribution >= 4 is 17.6 Å². The summed E-state index contributed by atoms with van der Waals surface area (Å²) in [6.45, 7) is 6.72. The molecular formula is C29H31FN2O3. The van der Waals surface area contributed by atoms with Gasteiger partial charge in [-0.05, 0) is 47.1 Å². The Hall–Kier alpha value is -3.67. The third kappa shape index (κ3) is 4.41. The molecule has 1 aliphatic heterocycles. The third-order valence-electron chi connectivity index (χ3n) is 6.92. The Morgan fingerprint density at radius 1 is 1.00 bits per heavy atom. The van der Waals surface area contributed by atoms with Crippen molar-refractivity contribution in [3.05, 3.63) is 100 Å². The summed E-state index contributed by atoms with van der Waals surface area (Å²) in [4.78, 5) is 27.4. The molecule has 6 heteroatoms. The van der Waals surface area contributed by atoms with Gasteiger partial charge in [-0.25, -0.2) is 9.18 Å². The van der Waals surface area contributed by atoms with Crippen LogP contribution in [0.1, 0.15) is 59.8 Å². The molecule has 1 heterocycles. The van der Waals surface area contributed by atoms with E-state index in [2.05, 4.69) is 20.8 Å². The lowest BCUT2D eigenvalue weighted by molar-refractivity contribution is -0.123. The van der Waals surface area contributed by atoms with Gasteiger partial charge in [0.15, 0.2) is 5.54 Å². The number of anilines is 1. The molecule has 1 aliphatic rings. The van der Waals surface area contributed by atoms with Crippen LogP contribution in [0.4, 0.5) is 10.1 Å². The number of carboxylic acid groups (broad SMARTS) is 1. The van der Waals surface area contributed by atoms with Gasteiger partial charge in [0.05, 0.1) is 11.3 Å². The average Bonchev–Trinajstić information content (AvgIpc) is 2.82. The fourth-order valence-electron chi connectivity index (χ4n) is 5.11. The maximum atomic E-state index is 15.4. The third-order valence-corrected chi connectivity index (χ3v) is 6.92. The molecule has 0 saturated heterocycles. The second-order valence-corrected chi connectivity index (χ2v) is 10.2. The fraction of sp³-hybridized carbons (Fsp3) is 0.310. The topological polar surface area (TPSA) is 83.6 Å². The number of hydrogen-bond acceptors (Lipinski definition) is 3. The van der Waals surface area contributed by atoms with E-state index in [0.29, 0.717) is 25.1 Å². The minimum atomic E-state index is -1.62. The first kappa shape index (κ1) is 24.5. The molecule has 0 aliphatic carbocycles. The van der Waals surface area contributed by atoms with Gasteiger partial charge in [-0.3, -0.25) is 4.79 Å². The van der Waals surface area contributed by atoms with Crippen LogP contribution in [0.15, 0.2) is 66.7 Å². The summed E-state index contributed by atoms with van der Waals surface area (Å²) in [7, 11) is 0. The van der Waals surface area contributed by atoms with Crippen LogP contribution in [0, 0.1) is 5.82 Å². The highest BCUT2D eigenvalue weighted by Gasteiger charge is 2.48. The van der Waals surface area contributed by atoms with Gasteiger partial charge in [-0.2, -0.15) is 0 Å². The number of fused-ring (bicyclic) bond motifs is 1. The molecule has 3 aromatic rings. The first-order chi connectivity index (χ1) is 16.6. The van der Waals surface area contributed by atoms with Gasteiger partial charge in [0.2, 0.25) is 5.91 Å². The molecule has 4 rings (SSSR count). The zero-order valence-corrected chi connectivity index (χ0v) is 20.3. The summed E-state index contributed by atoms with van der Waals surface area (Å²) >= 11 is 0. The van der Waals surface area contributed by atoms with Gasteiger partial charge in [0.25, 0.3) is 0 Å². The smallest absolute Gasteiger partial charge is 0.337 e. The fourth-order valence-corrected chi connectivity index (χ4v) is 5.11. The van der Waals surface area contributed by atoms with Crippen LogP contribution >= 0.6 is 0 Å². The zero-order chi connectivity index (χ0) is 25.4. The maximum absolute atomic E-state index is 15.4. The van der Waals surface area contributed by atoms with E-state index in [1.807, 2.05) is 30.3 Å². The zero-order valence-electron chi connectivity index (χ0n) is 20.3. The Balaban J connectivity index is 1.96. The SMILES string of the molecule is CC(C)(C)c1ccc(CC(C(N)=O)(c2ccccc2F)N2CCCc3cccc(C(=O)O)c32)cc1. The number of carbonyl (C=O) groups excluding carboxylic acids is 1. The number of primary amides is 1. The quantitative estimate of drug-likeness (QED) is 0.515. The number of aromatic carboxylic acids is 1. The summed E-state index contributed by atoms with van der Waals surface area (Å²) in [5.41, 5.74) is 7.87. The number of aryl methyl sites for hydroxylation is 1. The number of carbonyl (C=O) groups is 2. The highest BCUT2D eigenvalue weighted by Crippen LogP contribution is 2.43. The van der Waals surface area contributed by atoms with Gasteiger partial charge in [-0.15, -0.1) is 0 Å². The van der Waals surface area contributed by atoms with Crippen LogP contribution in [0.5, 0.6) is 0 Å². The molecule has 1 unspecified atom stereocenters. The summed E-state index contributed by atoms with van der Waals surface area (Å²) in [6, 6.07) is 19.1. The van der Waals surface area contributed by atoms with Crippen molar-refractivity contribution in [2.45, 2.75) is 51.0 Å². The minimum Gasteiger partial charge on any atom is -0.478 e. The average molecular weight is 475 g/mol. The molecule has 1 amide bonds. The Morgan fingerprint density at radius 2 is 1.69 bits per heavy atom. The van der Waals surface area contributed by atoms with Crippen LogP contribution < -0.4 is 10.6 Å². The van der Waals surface area contributed by atoms with Gasteiger partial charge >= 0.3 is 5.97 Å². The van der Waals surface area contributed by atoms with Crippen molar-refractivity contribution in [3.63, 3.8) is 0 Å². The van der Waals surface area contributed by atoms with E-state index in [1.165, 1.54) is 12.1 Å². The lowest BCUT2D eigenvalue weighted by Gasteiger charge is -2.47. The highest BCUT2D eigenvalue weighted by atomic mass is 19.1. The number of benzene rings is 3. The number of nitrogens with zero attached hydrogens (tertiary/aromatic N) is 1. The number of rotatable bonds is 6. The van der Waals surface area contributed by atoms with Crippen molar-refractivity contribution in [2.75, 3.05) is 11.4 Å². The molecule has 0 spiro atoms. The van der Waals surface area contributed by atoms with Crippen molar-refractivity contribution < 1.29 is 19.1 Å². The van der Waals surface area contributed by atoms with Gasteiger partial charge < -0.3 is 15.7 Å². The summed E-state index contributed by atoms with van der Waals surface area (Å²) in [6.07, 6.45) is 1.45. The van der Waals surface area contributed by atoms with Crippen LogP contribution in [0.3, 0.4) is 0 Å². The number of halogens is 1. The Labute approximate surface area is 205 Å². The van der Waals surface area contributed by atoms with Gasteiger partial charge in [0, 0.05) is 18.5 Å². The molecule has 1 atom stereocenters. The van der Waals surface area contributed by atoms with Crippen LogP contribution in [-0.4, -0.2) is 23.5 Å². The van der Waals surface area contributed by atoms with Gasteiger partial charge in [-0.1, -0.05) is 75.4 Å². The summed E-state index contributed by atoms with van der Waals surface area (Å²) in [5.74, 6) is -2.39. The van der Waals surface area contributed by atoms with E-state index in [1.54, 1.807) is 29.2 Å². The lowest BCUT2D eigenvalue weighted by atomic mass is 9.78.